The van der Waals surface area contributed by atoms with Crippen LogP contribution in [0.4, 0.5) is 11.4 Å². The quantitative estimate of drug-likeness (QED) is 0.273. The van der Waals surface area contributed by atoms with Gasteiger partial charge in [-0.2, -0.15) is 0 Å². The molecule has 42 heavy (non-hydrogen) atoms. The Labute approximate surface area is 254 Å². The van der Waals surface area contributed by atoms with Gasteiger partial charge in [-0.1, -0.05) is 35.4 Å². The van der Waals surface area contributed by atoms with Crippen LogP contribution < -0.4 is 20.1 Å². The van der Waals surface area contributed by atoms with Gasteiger partial charge in [-0.05, 0) is 91.5 Å². The predicted octanol–water partition coefficient (Wildman–Crippen LogP) is 6.02. The van der Waals surface area contributed by atoms with Gasteiger partial charge in [0.25, 0.3) is 0 Å². The monoisotopic (exact) mass is 636 g/mol. The highest BCUT2D eigenvalue weighted by atomic mass is 79.9. The molecule has 0 radical (unpaired) electrons. The lowest BCUT2D eigenvalue weighted by atomic mass is 9.61. The summed E-state index contributed by atoms with van der Waals surface area (Å²) in [6.45, 7) is 9.14. The molecular weight excluding hydrogens is 600 g/mol. The van der Waals surface area contributed by atoms with E-state index in [0.717, 1.165) is 22.3 Å². The molecule has 0 spiro atoms. The van der Waals surface area contributed by atoms with Crippen LogP contribution in [0.1, 0.15) is 47.1 Å². The minimum Gasteiger partial charge on any atom is -0.493 e. The fourth-order valence-corrected chi connectivity index (χ4v) is 6.57. The first-order valence-corrected chi connectivity index (χ1v) is 14.5. The molecule has 1 saturated carbocycles. The molecule has 4 atom stereocenters. The Morgan fingerprint density at radius 2 is 1.43 bits per heavy atom. The molecule has 1 fully saturated rings. The molecule has 1 aliphatic carbocycles. The third-order valence-electron chi connectivity index (χ3n) is 7.95. The maximum absolute atomic E-state index is 14.1. The number of rotatable bonds is 7. The number of carbonyl (C=O) groups is 3. The SMILES string of the molecule is COc1cc(C2C(C(=O)Nc3ccc(C)cc3C)C(=O)CC(C)(O)C2C(=O)Nc2ccc(C)cc2C)cc(Br)c1OC. The second-order valence-corrected chi connectivity index (χ2v) is 12.2. The van der Waals surface area contributed by atoms with Crippen LogP contribution in [0.3, 0.4) is 0 Å². The molecular formula is C33H37BrN2O6. The number of aliphatic hydroxyl groups is 1. The van der Waals surface area contributed by atoms with Gasteiger partial charge in [-0.3, -0.25) is 14.4 Å². The summed E-state index contributed by atoms with van der Waals surface area (Å²) in [7, 11) is 2.97. The van der Waals surface area contributed by atoms with Crippen molar-refractivity contribution in [3.63, 3.8) is 0 Å². The molecule has 0 heterocycles. The number of ketones is 1. The third-order valence-corrected chi connectivity index (χ3v) is 8.54. The summed E-state index contributed by atoms with van der Waals surface area (Å²) < 4.78 is 11.6. The van der Waals surface area contributed by atoms with Crippen LogP contribution in [0.5, 0.6) is 11.5 Å². The minimum atomic E-state index is -1.75. The number of methoxy groups -OCH3 is 2. The van der Waals surface area contributed by atoms with E-state index in [9.17, 15) is 19.5 Å². The van der Waals surface area contributed by atoms with Crippen molar-refractivity contribution in [3.05, 3.63) is 80.8 Å². The molecule has 0 saturated heterocycles. The Kier molecular flexibility index (Phi) is 9.13. The fourth-order valence-electron chi connectivity index (χ4n) is 5.95. The number of benzene rings is 3. The molecule has 8 nitrogen and oxygen atoms in total. The lowest BCUT2D eigenvalue weighted by Gasteiger charge is -2.44. The lowest BCUT2D eigenvalue weighted by molar-refractivity contribution is -0.150. The lowest BCUT2D eigenvalue weighted by Crippen LogP contribution is -2.56. The van der Waals surface area contributed by atoms with Crippen LogP contribution in [-0.4, -0.2) is 42.5 Å². The Morgan fingerprint density at radius 1 is 0.881 bits per heavy atom. The number of aryl methyl sites for hydroxylation is 4. The van der Waals surface area contributed by atoms with Gasteiger partial charge in [0.05, 0.1) is 30.2 Å². The molecule has 2 amide bonds. The van der Waals surface area contributed by atoms with E-state index in [1.807, 2.05) is 52.0 Å². The van der Waals surface area contributed by atoms with Crippen molar-refractivity contribution >= 4 is 44.9 Å². The zero-order valence-electron chi connectivity index (χ0n) is 24.9. The van der Waals surface area contributed by atoms with E-state index in [4.69, 9.17) is 9.47 Å². The van der Waals surface area contributed by atoms with E-state index in [-0.39, 0.29) is 6.42 Å². The second kappa shape index (κ2) is 12.3. The standard InChI is InChI=1S/C33H37BrN2O6/c1-17-8-10-23(19(3)12-17)35-31(38)28-25(37)16-33(5,40)29(32(39)36-24-11-9-18(2)13-20(24)4)27(28)21-14-22(34)30(42-7)26(15-21)41-6/h8-15,27-29,40H,16H2,1-7H3,(H,35,38)(H,36,39). The summed E-state index contributed by atoms with van der Waals surface area (Å²) in [5, 5.41) is 17.5. The summed E-state index contributed by atoms with van der Waals surface area (Å²) in [6, 6.07) is 14.6. The van der Waals surface area contributed by atoms with Gasteiger partial charge < -0.3 is 25.2 Å². The Balaban J connectivity index is 1.87. The highest BCUT2D eigenvalue weighted by molar-refractivity contribution is 9.10. The van der Waals surface area contributed by atoms with Gasteiger partial charge in [0.15, 0.2) is 11.5 Å². The second-order valence-electron chi connectivity index (χ2n) is 11.3. The zero-order chi connectivity index (χ0) is 30.9. The third kappa shape index (κ3) is 6.22. The summed E-state index contributed by atoms with van der Waals surface area (Å²) in [6.07, 6.45) is -0.367. The van der Waals surface area contributed by atoms with Gasteiger partial charge in [-0.25, -0.2) is 0 Å². The van der Waals surface area contributed by atoms with E-state index in [1.54, 1.807) is 24.3 Å². The first kappa shape index (κ1) is 31.3. The molecule has 0 aliphatic heterocycles. The average Bonchev–Trinajstić information content (AvgIpc) is 2.90. The Morgan fingerprint density at radius 3 is 1.93 bits per heavy atom. The van der Waals surface area contributed by atoms with E-state index in [1.165, 1.54) is 21.1 Å². The van der Waals surface area contributed by atoms with Crippen LogP contribution in [-0.2, 0) is 14.4 Å². The van der Waals surface area contributed by atoms with Crippen molar-refractivity contribution in [2.45, 2.75) is 52.6 Å². The van der Waals surface area contributed by atoms with Gasteiger partial charge in [0.1, 0.15) is 11.7 Å². The van der Waals surface area contributed by atoms with Gasteiger partial charge in [0, 0.05) is 23.7 Å². The van der Waals surface area contributed by atoms with E-state index >= 15 is 0 Å². The molecule has 3 aromatic rings. The van der Waals surface area contributed by atoms with Crippen LogP contribution in [0.25, 0.3) is 0 Å². The minimum absolute atomic E-state index is 0.349. The van der Waals surface area contributed by atoms with Crippen LogP contribution in [0.15, 0.2) is 53.0 Å². The smallest absolute Gasteiger partial charge is 0.235 e. The van der Waals surface area contributed by atoms with Crippen LogP contribution >= 0.6 is 15.9 Å². The number of hydrogen-bond acceptors (Lipinski definition) is 6. The number of halogens is 1. The molecule has 0 bridgehead atoms. The van der Waals surface area contributed by atoms with E-state index in [0.29, 0.717) is 32.9 Å². The summed E-state index contributed by atoms with van der Waals surface area (Å²) in [4.78, 5) is 41.8. The highest BCUT2D eigenvalue weighted by Crippen LogP contribution is 2.49. The number of nitrogens with one attached hydrogen (secondary N) is 2. The van der Waals surface area contributed by atoms with Crippen molar-refractivity contribution in [2.24, 2.45) is 11.8 Å². The molecule has 222 valence electrons. The van der Waals surface area contributed by atoms with Crippen molar-refractivity contribution in [1.29, 1.82) is 0 Å². The van der Waals surface area contributed by atoms with Crippen molar-refractivity contribution in [2.75, 3.05) is 24.9 Å². The van der Waals surface area contributed by atoms with Gasteiger partial charge in [0.2, 0.25) is 11.8 Å². The maximum Gasteiger partial charge on any atom is 0.235 e. The molecule has 4 unspecified atom stereocenters. The Hall–Kier alpha value is -3.69. The van der Waals surface area contributed by atoms with Crippen LogP contribution in [0.2, 0.25) is 0 Å². The maximum atomic E-state index is 14.1. The van der Waals surface area contributed by atoms with Gasteiger partial charge >= 0.3 is 0 Å². The molecule has 1 aliphatic rings. The number of anilines is 2. The number of ether oxygens (including phenoxy) is 2. The van der Waals surface area contributed by atoms with Crippen molar-refractivity contribution in [1.82, 2.24) is 0 Å². The van der Waals surface area contributed by atoms with Gasteiger partial charge in [-0.15, -0.1) is 0 Å². The average molecular weight is 638 g/mol. The first-order valence-electron chi connectivity index (χ1n) is 13.7. The Bertz CT molecular complexity index is 1550. The summed E-state index contributed by atoms with van der Waals surface area (Å²) in [5.41, 5.74) is 3.64. The van der Waals surface area contributed by atoms with Crippen LogP contribution in [0, 0.1) is 39.5 Å². The molecule has 3 aromatic carbocycles. The summed E-state index contributed by atoms with van der Waals surface area (Å²) >= 11 is 3.51. The molecule has 0 aromatic heterocycles. The number of hydrogen-bond donors (Lipinski definition) is 3. The number of carbonyl (C=O) groups excluding carboxylic acids is 3. The first-order chi connectivity index (χ1) is 19.8. The van der Waals surface area contributed by atoms with E-state index < -0.39 is 41.0 Å². The van der Waals surface area contributed by atoms with Crippen molar-refractivity contribution in [3.8, 4) is 11.5 Å². The largest absolute Gasteiger partial charge is 0.493 e. The zero-order valence-corrected chi connectivity index (χ0v) is 26.5. The number of Topliss-reactive ketones (excluding diaryl/α,β-unsaturated/α-hetero) is 1. The van der Waals surface area contributed by atoms with E-state index in [2.05, 4.69) is 26.6 Å². The molecule has 4 rings (SSSR count). The fraction of sp³-hybridized carbons (Fsp3) is 0.364. The number of amides is 2. The summed E-state index contributed by atoms with van der Waals surface area (Å²) in [5.74, 6) is -4.23. The molecule has 9 heteroatoms. The normalized spacial score (nSPS) is 21.9. The predicted molar refractivity (Wildman–Crippen MR) is 166 cm³/mol. The molecule has 3 N–H and O–H groups in total. The topological polar surface area (TPSA) is 114 Å². The highest BCUT2D eigenvalue weighted by Gasteiger charge is 2.56. The van der Waals surface area contributed by atoms with Crippen molar-refractivity contribution < 1.29 is 29.0 Å².